The van der Waals surface area contributed by atoms with Gasteiger partial charge in [0.15, 0.2) is 0 Å². The third-order valence-electron chi connectivity index (χ3n) is 5.63. The Morgan fingerprint density at radius 1 is 1.44 bits per heavy atom. The highest BCUT2D eigenvalue weighted by Crippen LogP contribution is 2.34. The minimum Gasteiger partial charge on any atom is -0.481 e. The number of ether oxygens (including phenoxy) is 2. The summed E-state index contributed by atoms with van der Waals surface area (Å²) in [5.41, 5.74) is 1.10. The van der Waals surface area contributed by atoms with Crippen LogP contribution in [0.1, 0.15) is 31.2 Å². The molecule has 0 bridgehead atoms. The maximum absolute atomic E-state index is 12.3. The van der Waals surface area contributed by atoms with Gasteiger partial charge < -0.3 is 14.8 Å². The molecule has 3 aliphatic rings. The van der Waals surface area contributed by atoms with E-state index in [1.54, 1.807) is 13.3 Å². The average Bonchev–Trinajstić information content (AvgIpc) is 3.37. The first-order valence-electron chi connectivity index (χ1n) is 9.36. The monoisotopic (exact) mass is 345 g/mol. The van der Waals surface area contributed by atoms with Gasteiger partial charge in [-0.25, -0.2) is 4.98 Å². The van der Waals surface area contributed by atoms with Crippen molar-refractivity contribution in [2.75, 3.05) is 26.7 Å². The minimum atomic E-state index is -0.262. The molecule has 0 aromatic carbocycles. The molecule has 3 atom stereocenters. The summed E-state index contributed by atoms with van der Waals surface area (Å²) in [7, 11) is 1.66. The van der Waals surface area contributed by atoms with E-state index in [4.69, 9.17) is 9.47 Å². The Morgan fingerprint density at radius 2 is 2.32 bits per heavy atom. The lowest BCUT2D eigenvalue weighted by Gasteiger charge is -2.34. The highest BCUT2D eigenvalue weighted by Gasteiger charge is 2.42. The van der Waals surface area contributed by atoms with Crippen molar-refractivity contribution in [1.82, 2.24) is 15.2 Å². The third kappa shape index (κ3) is 3.96. The number of fused-ring (bicyclic) bond motifs is 1. The molecule has 1 N–H and O–H groups in total. The molecule has 6 heteroatoms. The van der Waals surface area contributed by atoms with E-state index in [0.29, 0.717) is 17.7 Å². The number of likely N-dealkylation sites (tertiary alicyclic amines) is 1. The maximum Gasteiger partial charge on any atom is 0.249 e. The fourth-order valence-electron chi connectivity index (χ4n) is 3.96. The average molecular weight is 345 g/mol. The molecule has 1 saturated carbocycles. The molecule has 0 unspecified atom stereocenters. The maximum atomic E-state index is 12.3. The van der Waals surface area contributed by atoms with Gasteiger partial charge in [-0.15, -0.1) is 0 Å². The van der Waals surface area contributed by atoms with Gasteiger partial charge in [0.1, 0.15) is 6.10 Å². The summed E-state index contributed by atoms with van der Waals surface area (Å²) in [4.78, 5) is 19.0. The smallest absolute Gasteiger partial charge is 0.249 e. The highest BCUT2D eigenvalue weighted by molar-refractivity contribution is 5.81. The predicted molar refractivity (Wildman–Crippen MR) is 93.2 cm³/mol. The van der Waals surface area contributed by atoms with Crippen LogP contribution in [0.5, 0.6) is 5.88 Å². The topological polar surface area (TPSA) is 63.7 Å². The van der Waals surface area contributed by atoms with Crippen molar-refractivity contribution in [1.29, 1.82) is 0 Å². The summed E-state index contributed by atoms with van der Waals surface area (Å²) in [5.74, 6) is 1.98. The number of nitrogens with one attached hydrogen (secondary N) is 1. The van der Waals surface area contributed by atoms with Crippen LogP contribution in [0, 0.1) is 11.8 Å². The van der Waals surface area contributed by atoms with E-state index in [-0.39, 0.29) is 18.1 Å². The number of rotatable bonds is 6. The number of hydrogen-bond donors (Lipinski definition) is 1. The fourth-order valence-corrected chi connectivity index (χ4v) is 3.96. The van der Waals surface area contributed by atoms with Gasteiger partial charge in [-0.1, -0.05) is 6.07 Å². The molecule has 0 spiro atoms. The van der Waals surface area contributed by atoms with Crippen LogP contribution in [0.4, 0.5) is 0 Å². The molecular formula is C19H27N3O3. The Morgan fingerprint density at radius 3 is 3.12 bits per heavy atom. The van der Waals surface area contributed by atoms with Gasteiger partial charge in [0.25, 0.3) is 0 Å². The highest BCUT2D eigenvalue weighted by atomic mass is 16.5. The van der Waals surface area contributed by atoms with Crippen LogP contribution in [0.25, 0.3) is 0 Å². The Kier molecular flexibility index (Phi) is 4.90. The van der Waals surface area contributed by atoms with E-state index in [1.165, 1.54) is 12.8 Å². The summed E-state index contributed by atoms with van der Waals surface area (Å²) in [6, 6.07) is 4.00. The summed E-state index contributed by atoms with van der Waals surface area (Å²) in [6.45, 7) is 3.52. The molecule has 3 fully saturated rings. The zero-order valence-electron chi connectivity index (χ0n) is 14.8. The summed E-state index contributed by atoms with van der Waals surface area (Å²) >= 11 is 0. The summed E-state index contributed by atoms with van der Waals surface area (Å²) in [5, 5.41) is 3.06. The van der Waals surface area contributed by atoms with E-state index >= 15 is 0 Å². The van der Waals surface area contributed by atoms with Gasteiger partial charge in [-0.05, 0) is 50.1 Å². The molecule has 4 rings (SSSR count). The van der Waals surface area contributed by atoms with Gasteiger partial charge in [-0.3, -0.25) is 9.69 Å². The van der Waals surface area contributed by atoms with Crippen molar-refractivity contribution in [2.24, 2.45) is 11.8 Å². The first kappa shape index (κ1) is 16.8. The zero-order chi connectivity index (χ0) is 17.2. The van der Waals surface area contributed by atoms with Crippen LogP contribution in [0.15, 0.2) is 18.3 Å². The summed E-state index contributed by atoms with van der Waals surface area (Å²) in [6.07, 6.45) is 6.10. The van der Waals surface area contributed by atoms with Crippen LogP contribution >= 0.6 is 0 Å². The Labute approximate surface area is 148 Å². The number of carbonyl (C=O) groups excluding carboxylic acids is 1. The van der Waals surface area contributed by atoms with Crippen LogP contribution in [0.2, 0.25) is 0 Å². The molecule has 1 amide bonds. The molecule has 25 heavy (non-hydrogen) atoms. The minimum absolute atomic E-state index is 0.0850. The molecule has 136 valence electrons. The van der Waals surface area contributed by atoms with Crippen molar-refractivity contribution in [3.8, 4) is 5.88 Å². The number of amides is 1. The van der Waals surface area contributed by atoms with Gasteiger partial charge in [0, 0.05) is 31.4 Å². The molecule has 2 saturated heterocycles. The van der Waals surface area contributed by atoms with Gasteiger partial charge in [0.2, 0.25) is 11.8 Å². The number of piperidine rings is 1. The van der Waals surface area contributed by atoms with Gasteiger partial charge >= 0.3 is 0 Å². The van der Waals surface area contributed by atoms with E-state index in [2.05, 4.69) is 21.3 Å². The SMILES string of the molecule is COc1ncccc1CN1CC[C@@H]2C[C@H](C(=O)NCC3CC3)O[C@H]2C1. The second-order valence-electron chi connectivity index (χ2n) is 7.54. The van der Waals surface area contributed by atoms with E-state index in [0.717, 1.165) is 44.6 Å². The zero-order valence-corrected chi connectivity index (χ0v) is 14.8. The second-order valence-corrected chi connectivity index (χ2v) is 7.54. The fraction of sp³-hybridized carbons (Fsp3) is 0.684. The summed E-state index contributed by atoms with van der Waals surface area (Å²) < 4.78 is 11.5. The van der Waals surface area contributed by atoms with E-state index in [1.807, 2.05) is 6.07 Å². The molecule has 1 aromatic rings. The predicted octanol–water partition coefficient (Wildman–Crippen LogP) is 1.60. The van der Waals surface area contributed by atoms with Crippen molar-refractivity contribution in [3.63, 3.8) is 0 Å². The molecule has 1 aliphatic carbocycles. The van der Waals surface area contributed by atoms with Crippen LogP contribution < -0.4 is 10.1 Å². The number of aromatic nitrogens is 1. The normalized spacial score (nSPS) is 29.2. The standard InChI is InChI=1S/C19H27N3O3/c1-24-19-15(3-2-7-20-19)11-22-8-6-14-9-16(25-17(14)12-22)18(23)21-10-13-4-5-13/h2-3,7,13-14,16-17H,4-6,8-12H2,1H3,(H,21,23)/t14-,16-,17+/m1/s1. The number of methoxy groups -OCH3 is 1. The third-order valence-corrected chi connectivity index (χ3v) is 5.63. The Hall–Kier alpha value is -1.66. The van der Waals surface area contributed by atoms with Crippen LogP contribution in [-0.4, -0.2) is 54.7 Å². The molecule has 1 aromatic heterocycles. The van der Waals surface area contributed by atoms with Crippen molar-refractivity contribution < 1.29 is 14.3 Å². The first-order valence-corrected chi connectivity index (χ1v) is 9.36. The number of carbonyl (C=O) groups is 1. The second kappa shape index (κ2) is 7.30. The lowest BCUT2D eigenvalue weighted by Crippen LogP contribution is -2.42. The largest absolute Gasteiger partial charge is 0.481 e. The first-order chi connectivity index (χ1) is 12.2. The molecule has 3 heterocycles. The van der Waals surface area contributed by atoms with Gasteiger partial charge in [0.05, 0.1) is 13.2 Å². The van der Waals surface area contributed by atoms with Crippen molar-refractivity contribution in [2.45, 2.75) is 44.4 Å². The van der Waals surface area contributed by atoms with Crippen LogP contribution in [0.3, 0.4) is 0 Å². The number of pyridine rings is 1. The Balaban J connectivity index is 1.31. The quantitative estimate of drug-likeness (QED) is 0.848. The molecule has 2 aliphatic heterocycles. The van der Waals surface area contributed by atoms with Crippen LogP contribution in [-0.2, 0) is 16.1 Å². The number of nitrogens with zero attached hydrogens (tertiary/aromatic N) is 2. The van der Waals surface area contributed by atoms with Crippen molar-refractivity contribution in [3.05, 3.63) is 23.9 Å². The van der Waals surface area contributed by atoms with Crippen molar-refractivity contribution >= 4 is 5.91 Å². The number of hydrogen-bond acceptors (Lipinski definition) is 5. The lowest BCUT2D eigenvalue weighted by molar-refractivity contribution is -0.132. The molecule has 6 nitrogen and oxygen atoms in total. The van der Waals surface area contributed by atoms with E-state index in [9.17, 15) is 4.79 Å². The van der Waals surface area contributed by atoms with Gasteiger partial charge in [-0.2, -0.15) is 0 Å². The van der Waals surface area contributed by atoms with E-state index < -0.39 is 0 Å². The Bertz CT molecular complexity index is 620. The molecular weight excluding hydrogens is 318 g/mol. The molecule has 0 radical (unpaired) electrons. The lowest BCUT2D eigenvalue weighted by atomic mass is 9.91.